The molecule has 0 aliphatic rings. The fraction of sp³-hybridized carbons (Fsp3) is 0.333. The molecule has 0 saturated heterocycles. The van der Waals surface area contributed by atoms with Gasteiger partial charge in [0.05, 0.1) is 24.0 Å². The average molecular weight is 218 g/mol. The maximum atomic E-state index is 10.7. The summed E-state index contributed by atoms with van der Waals surface area (Å²) >= 11 is 0. The number of carboxylic acids is 1. The average Bonchev–Trinajstić information content (AvgIpc) is 2.61. The molecular weight excluding hydrogens is 204 g/mol. The lowest BCUT2D eigenvalue weighted by Gasteiger charge is -2.06. The van der Waals surface area contributed by atoms with Crippen LogP contribution in [0.2, 0.25) is 0 Å². The molecule has 0 radical (unpaired) electrons. The van der Waals surface area contributed by atoms with Crippen molar-refractivity contribution in [2.45, 2.75) is 26.2 Å². The predicted octanol–water partition coefficient (Wildman–Crippen LogP) is 2.22. The monoisotopic (exact) mass is 218 g/mol. The summed E-state index contributed by atoms with van der Waals surface area (Å²) in [7, 11) is 0. The molecule has 84 valence electrons. The van der Waals surface area contributed by atoms with E-state index < -0.39 is 5.97 Å². The van der Waals surface area contributed by atoms with Crippen LogP contribution in [0.1, 0.15) is 30.7 Å². The molecule has 16 heavy (non-hydrogen) atoms. The molecule has 2 heterocycles. The van der Waals surface area contributed by atoms with Crippen molar-refractivity contribution in [1.29, 1.82) is 0 Å². The molecule has 1 N–H and O–H groups in total. The Hall–Kier alpha value is -1.84. The molecule has 0 saturated carbocycles. The first-order chi connectivity index (χ1) is 7.59. The van der Waals surface area contributed by atoms with Gasteiger partial charge in [-0.2, -0.15) is 0 Å². The summed E-state index contributed by atoms with van der Waals surface area (Å²) < 4.78 is 1.98. The van der Waals surface area contributed by atoms with Gasteiger partial charge in [0.25, 0.3) is 0 Å². The number of aryl methyl sites for hydroxylation is 1. The summed E-state index contributed by atoms with van der Waals surface area (Å²) in [5.74, 6) is -0.856. The van der Waals surface area contributed by atoms with Gasteiger partial charge in [-0.1, -0.05) is 13.0 Å². The van der Waals surface area contributed by atoms with Crippen molar-refractivity contribution < 1.29 is 9.90 Å². The topological polar surface area (TPSA) is 54.6 Å². The molecule has 1 unspecified atom stereocenters. The molecule has 4 nitrogen and oxygen atoms in total. The van der Waals surface area contributed by atoms with Crippen LogP contribution in [0.3, 0.4) is 0 Å². The largest absolute Gasteiger partial charge is 0.481 e. The molecule has 0 aliphatic heterocycles. The predicted molar refractivity (Wildman–Crippen MR) is 60.6 cm³/mol. The zero-order chi connectivity index (χ0) is 11.7. The molecule has 0 aromatic carbocycles. The second-order valence-corrected chi connectivity index (χ2v) is 4.05. The minimum atomic E-state index is -0.790. The molecule has 0 fully saturated rings. The van der Waals surface area contributed by atoms with Crippen LogP contribution in [0, 0.1) is 6.92 Å². The maximum Gasteiger partial charge on any atom is 0.304 e. The molecule has 1 atom stereocenters. The van der Waals surface area contributed by atoms with Crippen LogP contribution in [-0.4, -0.2) is 20.5 Å². The first-order valence-electron chi connectivity index (χ1n) is 5.24. The van der Waals surface area contributed by atoms with Crippen molar-refractivity contribution in [1.82, 2.24) is 9.38 Å². The number of aliphatic carboxylic acids is 1. The number of carboxylic acid groups (broad SMARTS) is 1. The molecule has 0 bridgehead atoms. The summed E-state index contributed by atoms with van der Waals surface area (Å²) in [6.45, 7) is 3.89. The van der Waals surface area contributed by atoms with Gasteiger partial charge in [-0.15, -0.1) is 0 Å². The first-order valence-corrected chi connectivity index (χ1v) is 5.24. The minimum Gasteiger partial charge on any atom is -0.481 e. The lowest BCUT2D eigenvalue weighted by atomic mass is 10.0. The highest BCUT2D eigenvalue weighted by Crippen LogP contribution is 2.23. The first kappa shape index (κ1) is 10.7. The fourth-order valence-corrected chi connectivity index (χ4v) is 1.92. The van der Waals surface area contributed by atoms with Crippen LogP contribution in [0.15, 0.2) is 24.5 Å². The fourth-order valence-electron chi connectivity index (χ4n) is 1.92. The van der Waals surface area contributed by atoms with E-state index in [-0.39, 0.29) is 12.3 Å². The van der Waals surface area contributed by atoms with Gasteiger partial charge in [0.1, 0.15) is 0 Å². The van der Waals surface area contributed by atoms with Crippen molar-refractivity contribution in [2.24, 2.45) is 0 Å². The second kappa shape index (κ2) is 3.96. The molecule has 0 aliphatic carbocycles. The molecule has 2 aromatic heterocycles. The van der Waals surface area contributed by atoms with Crippen molar-refractivity contribution in [3.05, 3.63) is 35.9 Å². The van der Waals surface area contributed by atoms with Crippen LogP contribution in [0.25, 0.3) is 5.52 Å². The van der Waals surface area contributed by atoms with Gasteiger partial charge in [-0.3, -0.25) is 4.79 Å². The molecule has 0 amide bonds. The molecule has 0 spiro atoms. The van der Waals surface area contributed by atoms with E-state index in [1.165, 1.54) is 0 Å². The number of hydrogen-bond donors (Lipinski definition) is 1. The van der Waals surface area contributed by atoms with Gasteiger partial charge in [-0.25, -0.2) is 4.98 Å². The zero-order valence-electron chi connectivity index (χ0n) is 9.34. The molecule has 4 heteroatoms. The highest BCUT2D eigenvalue weighted by molar-refractivity contribution is 5.69. The lowest BCUT2D eigenvalue weighted by molar-refractivity contribution is -0.137. The van der Waals surface area contributed by atoms with Crippen molar-refractivity contribution in [3.63, 3.8) is 0 Å². The summed E-state index contributed by atoms with van der Waals surface area (Å²) in [5.41, 5.74) is 2.94. The third-order valence-corrected chi connectivity index (χ3v) is 2.75. The second-order valence-electron chi connectivity index (χ2n) is 4.05. The van der Waals surface area contributed by atoms with Crippen LogP contribution < -0.4 is 0 Å². The Bertz CT molecular complexity index is 531. The number of nitrogens with zero attached hydrogens (tertiary/aromatic N) is 2. The van der Waals surface area contributed by atoms with E-state index >= 15 is 0 Å². The van der Waals surface area contributed by atoms with Crippen LogP contribution in [0.4, 0.5) is 0 Å². The number of aromatic nitrogens is 2. The zero-order valence-corrected chi connectivity index (χ0v) is 9.34. The van der Waals surface area contributed by atoms with Crippen molar-refractivity contribution in [3.8, 4) is 0 Å². The highest BCUT2D eigenvalue weighted by atomic mass is 16.4. The van der Waals surface area contributed by atoms with E-state index in [0.717, 1.165) is 16.9 Å². The Morgan fingerprint density at radius 3 is 3.00 bits per heavy atom. The van der Waals surface area contributed by atoms with Gasteiger partial charge < -0.3 is 9.51 Å². The number of carbonyl (C=O) groups is 1. The minimum absolute atomic E-state index is 0.0655. The van der Waals surface area contributed by atoms with Gasteiger partial charge in [0.2, 0.25) is 0 Å². The lowest BCUT2D eigenvalue weighted by Crippen LogP contribution is -2.03. The van der Waals surface area contributed by atoms with Gasteiger partial charge in [0, 0.05) is 11.6 Å². The molecule has 2 rings (SSSR count). The van der Waals surface area contributed by atoms with Crippen molar-refractivity contribution in [2.75, 3.05) is 0 Å². The summed E-state index contributed by atoms with van der Waals surface area (Å²) in [4.78, 5) is 15.0. The quantitative estimate of drug-likeness (QED) is 0.859. The Morgan fingerprint density at radius 1 is 1.56 bits per heavy atom. The van der Waals surface area contributed by atoms with E-state index in [4.69, 9.17) is 5.11 Å². The maximum absolute atomic E-state index is 10.7. The SMILES string of the molecule is Cc1cccc2c(C(C)CC(=O)O)ncn12. The van der Waals surface area contributed by atoms with Crippen molar-refractivity contribution >= 4 is 11.5 Å². The Labute approximate surface area is 93.5 Å². The number of fused-ring (bicyclic) bond motifs is 1. The van der Waals surface area contributed by atoms with Gasteiger partial charge in [-0.05, 0) is 19.1 Å². The van der Waals surface area contributed by atoms with Gasteiger partial charge in [0.15, 0.2) is 0 Å². The van der Waals surface area contributed by atoms with Crippen LogP contribution in [0.5, 0.6) is 0 Å². The van der Waals surface area contributed by atoms with E-state index in [9.17, 15) is 4.79 Å². The standard InChI is InChI=1S/C12H14N2O2/c1-8(6-11(15)16)12-10-5-3-4-9(2)14(10)7-13-12/h3-5,7-8H,6H2,1-2H3,(H,15,16). The number of pyridine rings is 1. The van der Waals surface area contributed by atoms with E-state index in [1.54, 1.807) is 6.33 Å². The van der Waals surface area contributed by atoms with E-state index in [2.05, 4.69) is 4.98 Å². The third kappa shape index (κ3) is 1.78. The Balaban J connectivity index is 2.46. The van der Waals surface area contributed by atoms with E-state index in [0.29, 0.717) is 0 Å². The summed E-state index contributed by atoms with van der Waals surface area (Å²) in [6, 6.07) is 5.93. The Kier molecular flexibility index (Phi) is 2.64. The van der Waals surface area contributed by atoms with E-state index in [1.807, 2.05) is 36.4 Å². The van der Waals surface area contributed by atoms with Gasteiger partial charge >= 0.3 is 5.97 Å². The number of hydrogen-bond acceptors (Lipinski definition) is 2. The number of rotatable bonds is 3. The molecule has 2 aromatic rings. The smallest absolute Gasteiger partial charge is 0.304 e. The summed E-state index contributed by atoms with van der Waals surface area (Å²) in [6.07, 6.45) is 1.86. The number of imidazole rings is 1. The normalized spacial score (nSPS) is 12.9. The van der Waals surface area contributed by atoms with Crippen LogP contribution in [-0.2, 0) is 4.79 Å². The van der Waals surface area contributed by atoms with Crippen LogP contribution >= 0.6 is 0 Å². The summed E-state index contributed by atoms with van der Waals surface area (Å²) in [5, 5.41) is 8.77. The molecular formula is C12H14N2O2. The highest BCUT2D eigenvalue weighted by Gasteiger charge is 2.15. The third-order valence-electron chi connectivity index (χ3n) is 2.75. The Morgan fingerprint density at radius 2 is 2.31 bits per heavy atom.